The highest BCUT2D eigenvalue weighted by atomic mass is 16.5. The van der Waals surface area contributed by atoms with Crippen molar-refractivity contribution in [3.8, 4) is 0 Å². The molecule has 4 N–H and O–H groups in total. The molecule has 0 amide bonds. The molecule has 0 atom stereocenters. The number of hydrogen-bond donors (Lipinski definition) is 3. The van der Waals surface area contributed by atoms with Gasteiger partial charge in [0.05, 0.1) is 12.8 Å². The van der Waals surface area contributed by atoms with Gasteiger partial charge in [-0.25, -0.2) is 0 Å². The number of nitrogens with one attached hydrogen (secondary N) is 2. The van der Waals surface area contributed by atoms with Crippen molar-refractivity contribution < 1.29 is 4.74 Å². The highest BCUT2D eigenvalue weighted by molar-refractivity contribution is 6.14. The second-order valence-electron chi connectivity index (χ2n) is 4.45. The molecule has 2 rings (SSSR count). The van der Waals surface area contributed by atoms with E-state index in [9.17, 15) is 0 Å². The molecule has 0 bridgehead atoms. The van der Waals surface area contributed by atoms with Gasteiger partial charge in [0.15, 0.2) is 0 Å². The minimum Gasteiger partial charge on any atom is -0.495 e. The van der Waals surface area contributed by atoms with E-state index < -0.39 is 0 Å². The second kappa shape index (κ2) is 6.52. The molecule has 106 valence electrons. The Hall–Kier alpha value is -2.88. The van der Waals surface area contributed by atoms with E-state index in [0.29, 0.717) is 22.7 Å². The van der Waals surface area contributed by atoms with Crippen molar-refractivity contribution in [2.24, 2.45) is 5.73 Å². The van der Waals surface area contributed by atoms with Gasteiger partial charge in [-0.15, -0.1) is 0 Å². The normalized spacial score (nSPS) is 17.3. The van der Waals surface area contributed by atoms with Crippen LogP contribution in [-0.2, 0) is 4.74 Å². The largest absolute Gasteiger partial charge is 0.495 e. The van der Waals surface area contributed by atoms with Crippen LogP contribution in [0.3, 0.4) is 0 Å². The maximum absolute atomic E-state index is 8.09. The standard InChI is InChI=1S/C17H17N3O/c1-21-17(12-5-3-2-4-6-12)14-11-13(7-8-16(14)20)15(19)9-10-18/h2-11,18,20H,19H2,1H3/b15-9?,17-14-,18-10?,20-16?. The fourth-order valence-electron chi connectivity index (χ4n) is 2.07. The average Bonchev–Trinajstić information content (AvgIpc) is 2.51. The van der Waals surface area contributed by atoms with Gasteiger partial charge in [0.2, 0.25) is 0 Å². The van der Waals surface area contributed by atoms with Gasteiger partial charge in [-0.3, -0.25) is 0 Å². The van der Waals surface area contributed by atoms with E-state index in [1.54, 1.807) is 19.3 Å². The summed E-state index contributed by atoms with van der Waals surface area (Å²) in [4.78, 5) is 0. The molecule has 1 aromatic carbocycles. The van der Waals surface area contributed by atoms with Gasteiger partial charge in [0.25, 0.3) is 0 Å². The number of allylic oxidation sites excluding steroid dienone is 5. The summed E-state index contributed by atoms with van der Waals surface area (Å²) in [5.41, 5.74) is 9.08. The van der Waals surface area contributed by atoms with Gasteiger partial charge in [0.1, 0.15) is 5.76 Å². The van der Waals surface area contributed by atoms with Crippen molar-refractivity contribution in [3.63, 3.8) is 0 Å². The molecule has 0 fully saturated rings. The molecular formula is C17H17N3O. The van der Waals surface area contributed by atoms with Crippen LogP contribution in [0.25, 0.3) is 5.76 Å². The lowest BCUT2D eigenvalue weighted by Crippen LogP contribution is -2.09. The first kappa shape index (κ1) is 14.5. The first-order valence-electron chi connectivity index (χ1n) is 6.46. The van der Waals surface area contributed by atoms with Crippen LogP contribution in [0, 0.1) is 10.8 Å². The Morgan fingerprint density at radius 3 is 2.52 bits per heavy atom. The van der Waals surface area contributed by atoms with Crippen molar-refractivity contribution in [3.05, 3.63) is 77.0 Å². The number of hydrogen-bond acceptors (Lipinski definition) is 4. The Labute approximate surface area is 124 Å². The molecular weight excluding hydrogens is 262 g/mol. The third-order valence-electron chi connectivity index (χ3n) is 3.10. The van der Waals surface area contributed by atoms with Crippen molar-refractivity contribution in [2.75, 3.05) is 7.11 Å². The fourth-order valence-corrected chi connectivity index (χ4v) is 2.07. The van der Waals surface area contributed by atoms with E-state index in [2.05, 4.69) is 0 Å². The molecule has 21 heavy (non-hydrogen) atoms. The Kier molecular flexibility index (Phi) is 4.51. The lowest BCUT2D eigenvalue weighted by atomic mass is 9.95. The van der Waals surface area contributed by atoms with Crippen molar-refractivity contribution in [1.29, 1.82) is 10.8 Å². The molecule has 0 saturated carbocycles. The summed E-state index contributed by atoms with van der Waals surface area (Å²) in [5.74, 6) is 0.630. The molecule has 0 aliphatic heterocycles. The van der Waals surface area contributed by atoms with Crippen LogP contribution in [0.2, 0.25) is 0 Å². The molecule has 0 aromatic heterocycles. The van der Waals surface area contributed by atoms with E-state index >= 15 is 0 Å². The number of rotatable bonds is 4. The van der Waals surface area contributed by atoms with Gasteiger partial charge in [-0.1, -0.05) is 36.4 Å². The summed E-state index contributed by atoms with van der Waals surface area (Å²) in [6, 6.07) is 9.64. The molecule has 1 aromatic rings. The topological polar surface area (TPSA) is 83.0 Å². The molecule has 1 aliphatic carbocycles. The first-order valence-corrected chi connectivity index (χ1v) is 6.46. The zero-order valence-electron chi connectivity index (χ0n) is 11.8. The SMILES string of the molecule is CO/C(=C1/C=C(C(N)=CC=N)C=CC1=N)c1ccccc1. The fraction of sp³-hybridized carbons (Fsp3) is 0.0588. The smallest absolute Gasteiger partial charge is 0.135 e. The molecule has 0 saturated heterocycles. The Morgan fingerprint density at radius 2 is 1.90 bits per heavy atom. The predicted molar refractivity (Wildman–Crippen MR) is 86.4 cm³/mol. The maximum Gasteiger partial charge on any atom is 0.135 e. The van der Waals surface area contributed by atoms with Gasteiger partial charge in [-0.05, 0) is 23.8 Å². The first-order chi connectivity index (χ1) is 10.2. The number of ether oxygens (including phenoxy) is 1. The second-order valence-corrected chi connectivity index (χ2v) is 4.45. The Bertz CT molecular complexity index is 679. The highest BCUT2D eigenvalue weighted by Gasteiger charge is 2.15. The van der Waals surface area contributed by atoms with E-state index in [4.69, 9.17) is 21.3 Å². The molecule has 1 aliphatic rings. The molecule has 0 unspecified atom stereocenters. The van der Waals surface area contributed by atoms with E-state index in [0.717, 1.165) is 17.4 Å². The van der Waals surface area contributed by atoms with E-state index in [1.807, 2.05) is 36.4 Å². The van der Waals surface area contributed by atoms with Gasteiger partial charge >= 0.3 is 0 Å². The monoisotopic (exact) mass is 279 g/mol. The Morgan fingerprint density at radius 1 is 1.19 bits per heavy atom. The molecule has 0 radical (unpaired) electrons. The van der Waals surface area contributed by atoms with Crippen LogP contribution in [0.15, 0.2) is 71.5 Å². The average molecular weight is 279 g/mol. The van der Waals surface area contributed by atoms with Crippen LogP contribution >= 0.6 is 0 Å². The van der Waals surface area contributed by atoms with Crippen LogP contribution < -0.4 is 5.73 Å². The summed E-state index contributed by atoms with van der Waals surface area (Å²) in [6.45, 7) is 0. The third kappa shape index (κ3) is 3.17. The van der Waals surface area contributed by atoms with Gasteiger partial charge in [-0.2, -0.15) is 0 Å². The summed E-state index contributed by atoms with van der Waals surface area (Å²) < 4.78 is 5.49. The minimum absolute atomic E-state index is 0.363. The van der Waals surface area contributed by atoms with Crippen molar-refractivity contribution >= 4 is 17.7 Å². The zero-order valence-corrected chi connectivity index (χ0v) is 11.8. The van der Waals surface area contributed by atoms with Crippen LogP contribution in [-0.4, -0.2) is 19.0 Å². The van der Waals surface area contributed by atoms with Crippen molar-refractivity contribution in [2.45, 2.75) is 0 Å². The third-order valence-corrected chi connectivity index (χ3v) is 3.10. The molecule has 0 heterocycles. The quantitative estimate of drug-likeness (QED) is 0.584. The summed E-state index contributed by atoms with van der Waals surface area (Å²) in [6.07, 6.45) is 7.90. The Balaban J connectivity index is 2.56. The molecule has 4 heteroatoms. The molecule has 4 nitrogen and oxygen atoms in total. The van der Waals surface area contributed by atoms with Crippen LogP contribution in [0.4, 0.5) is 0 Å². The maximum atomic E-state index is 8.09. The summed E-state index contributed by atoms with van der Waals surface area (Å²) in [5, 5.41) is 15.2. The van der Waals surface area contributed by atoms with Gasteiger partial charge in [0, 0.05) is 23.0 Å². The number of benzene rings is 1. The van der Waals surface area contributed by atoms with Crippen LogP contribution in [0.5, 0.6) is 0 Å². The van der Waals surface area contributed by atoms with Crippen molar-refractivity contribution in [1.82, 2.24) is 0 Å². The summed E-state index contributed by atoms with van der Waals surface area (Å²) in [7, 11) is 1.59. The molecule has 0 spiro atoms. The lowest BCUT2D eigenvalue weighted by molar-refractivity contribution is 0.369. The lowest BCUT2D eigenvalue weighted by Gasteiger charge is -2.16. The summed E-state index contributed by atoms with van der Waals surface area (Å²) >= 11 is 0. The highest BCUT2D eigenvalue weighted by Crippen LogP contribution is 2.26. The number of nitrogens with two attached hydrogens (primary N) is 1. The minimum atomic E-state index is 0.363. The van der Waals surface area contributed by atoms with Gasteiger partial charge < -0.3 is 21.3 Å². The predicted octanol–water partition coefficient (Wildman–Crippen LogP) is 3.05. The zero-order chi connectivity index (χ0) is 15.2. The van der Waals surface area contributed by atoms with E-state index in [-0.39, 0.29) is 0 Å². The number of methoxy groups -OCH3 is 1. The van der Waals surface area contributed by atoms with Crippen LogP contribution in [0.1, 0.15) is 5.56 Å². The van der Waals surface area contributed by atoms with E-state index in [1.165, 1.54) is 6.08 Å².